The first-order valence-electron chi connectivity index (χ1n) is 9.82. The van der Waals surface area contributed by atoms with Crippen molar-refractivity contribution in [3.8, 4) is 11.1 Å². The molecule has 5 nitrogen and oxygen atoms in total. The highest BCUT2D eigenvalue weighted by molar-refractivity contribution is 7.12. The van der Waals surface area contributed by atoms with Gasteiger partial charge in [-0.1, -0.05) is 13.0 Å². The van der Waals surface area contributed by atoms with Gasteiger partial charge in [-0.25, -0.2) is 13.2 Å². The highest BCUT2D eigenvalue weighted by Gasteiger charge is 2.26. The summed E-state index contributed by atoms with van der Waals surface area (Å²) in [5.74, 6) is -3.09. The molecule has 178 valence electrons. The number of hydrogen-bond acceptors (Lipinski definition) is 5. The second-order valence-electron chi connectivity index (χ2n) is 7.74. The molecule has 3 heterocycles. The van der Waals surface area contributed by atoms with Gasteiger partial charge in [-0.2, -0.15) is 0 Å². The van der Waals surface area contributed by atoms with E-state index in [9.17, 15) is 18.0 Å². The Labute approximate surface area is 206 Å². The fraction of sp³-hybridized carbons (Fsp3) is 0.273. The highest BCUT2D eigenvalue weighted by atomic mass is 35.5. The lowest BCUT2D eigenvalue weighted by Gasteiger charge is -2.37. The fourth-order valence-corrected chi connectivity index (χ4v) is 4.78. The monoisotopic (exact) mass is 518 g/mol. The Balaban J connectivity index is 0.00000193. The fourth-order valence-electron chi connectivity index (χ4n) is 3.96. The van der Waals surface area contributed by atoms with E-state index in [0.29, 0.717) is 18.2 Å². The van der Waals surface area contributed by atoms with Crippen LogP contribution in [0.5, 0.6) is 0 Å². The van der Waals surface area contributed by atoms with E-state index in [0.717, 1.165) is 42.1 Å². The van der Waals surface area contributed by atoms with Crippen LogP contribution in [0.15, 0.2) is 42.0 Å². The number of piperidine rings is 1. The minimum absolute atomic E-state index is 0. The summed E-state index contributed by atoms with van der Waals surface area (Å²) in [4.78, 5) is 18.7. The Morgan fingerprint density at radius 1 is 1.18 bits per heavy atom. The van der Waals surface area contributed by atoms with Gasteiger partial charge in [-0.3, -0.25) is 9.78 Å². The van der Waals surface area contributed by atoms with Crippen molar-refractivity contribution in [2.75, 3.05) is 23.3 Å². The minimum atomic E-state index is -0.967. The number of carbonyl (C=O) groups is 1. The number of rotatable bonds is 4. The first-order chi connectivity index (χ1) is 14.8. The smallest absolute Gasteiger partial charge is 0.268 e. The van der Waals surface area contributed by atoms with Crippen LogP contribution in [0.3, 0.4) is 0 Å². The van der Waals surface area contributed by atoms with Crippen molar-refractivity contribution < 1.29 is 18.0 Å². The summed E-state index contributed by atoms with van der Waals surface area (Å²) in [6, 6.07) is 5.06. The number of nitrogens with two attached hydrogens (primary N) is 1. The molecular weight excluding hydrogens is 496 g/mol. The molecule has 1 saturated heterocycles. The minimum Gasteiger partial charge on any atom is -0.368 e. The van der Waals surface area contributed by atoms with Crippen molar-refractivity contribution in [1.82, 2.24) is 4.98 Å². The van der Waals surface area contributed by atoms with Crippen LogP contribution >= 0.6 is 36.2 Å². The van der Waals surface area contributed by atoms with E-state index in [1.165, 1.54) is 17.6 Å². The zero-order chi connectivity index (χ0) is 22.1. The van der Waals surface area contributed by atoms with Crippen LogP contribution in [0, 0.1) is 23.4 Å². The Hall–Kier alpha value is -2.33. The third-order valence-electron chi connectivity index (χ3n) is 5.25. The van der Waals surface area contributed by atoms with Crippen molar-refractivity contribution in [1.29, 1.82) is 0 Å². The van der Waals surface area contributed by atoms with Crippen molar-refractivity contribution in [2.45, 2.75) is 19.4 Å². The lowest BCUT2D eigenvalue weighted by molar-refractivity contribution is 0.102. The summed E-state index contributed by atoms with van der Waals surface area (Å²) in [6.45, 7) is 3.50. The molecule has 0 spiro atoms. The van der Waals surface area contributed by atoms with E-state index >= 15 is 0 Å². The van der Waals surface area contributed by atoms with Crippen LogP contribution in [-0.4, -0.2) is 30.0 Å². The standard InChI is InChI=1S/C22H21F3N4OS.2ClH/c1-12-7-13(26)10-29(9-12)18-5-6-27-8-17(18)28-22(30)21-20(25)14(11-31-21)19-15(23)3-2-4-16(19)24;;/h2-6,8,11-13H,7,9-10,26H2,1H3,(H,28,30);2*1H/t12-,13+;;/m1../s1. The Kier molecular flexibility index (Phi) is 9.13. The topological polar surface area (TPSA) is 71.2 Å². The van der Waals surface area contributed by atoms with E-state index in [2.05, 4.69) is 22.1 Å². The number of aromatic nitrogens is 1. The third kappa shape index (κ3) is 5.60. The maximum atomic E-state index is 15.0. The predicted molar refractivity (Wildman–Crippen MR) is 130 cm³/mol. The molecule has 1 fully saturated rings. The number of pyridine rings is 1. The largest absolute Gasteiger partial charge is 0.368 e. The van der Waals surface area contributed by atoms with Gasteiger partial charge >= 0.3 is 0 Å². The van der Waals surface area contributed by atoms with E-state index in [4.69, 9.17) is 5.73 Å². The molecule has 0 radical (unpaired) electrons. The summed E-state index contributed by atoms with van der Waals surface area (Å²) in [6.07, 6.45) is 4.01. The van der Waals surface area contributed by atoms with Crippen LogP contribution in [-0.2, 0) is 0 Å². The normalized spacial score (nSPS) is 17.7. The summed E-state index contributed by atoms with van der Waals surface area (Å²) in [5, 5.41) is 3.92. The molecular formula is C22H23Cl2F3N4OS. The number of benzene rings is 1. The molecule has 0 saturated carbocycles. The lowest BCUT2D eigenvalue weighted by atomic mass is 9.96. The number of amides is 1. The molecule has 1 amide bonds. The van der Waals surface area contributed by atoms with Gasteiger partial charge < -0.3 is 16.0 Å². The van der Waals surface area contributed by atoms with Gasteiger partial charge in [0.25, 0.3) is 5.91 Å². The van der Waals surface area contributed by atoms with Crippen molar-refractivity contribution in [3.05, 3.63) is 64.4 Å². The second-order valence-corrected chi connectivity index (χ2v) is 8.62. The number of anilines is 2. The average Bonchev–Trinajstić information content (AvgIpc) is 3.09. The molecule has 3 aromatic rings. The number of hydrogen-bond donors (Lipinski definition) is 2. The van der Waals surface area contributed by atoms with Crippen molar-refractivity contribution in [2.24, 2.45) is 11.7 Å². The number of nitrogens with one attached hydrogen (secondary N) is 1. The maximum Gasteiger partial charge on any atom is 0.268 e. The molecule has 0 bridgehead atoms. The predicted octanol–water partition coefficient (Wildman–Crippen LogP) is 5.50. The van der Waals surface area contributed by atoms with Crippen LogP contribution in [0.4, 0.5) is 24.5 Å². The van der Waals surface area contributed by atoms with Gasteiger partial charge in [0.2, 0.25) is 0 Å². The van der Waals surface area contributed by atoms with Gasteiger partial charge in [0.1, 0.15) is 16.5 Å². The molecule has 0 unspecified atom stereocenters. The summed E-state index contributed by atoms with van der Waals surface area (Å²) >= 11 is 0.784. The Morgan fingerprint density at radius 2 is 1.88 bits per heavy atom. The number of carbonyl (C=O) groups excluding carboxylic acids is 1. The van der Waals surface area contributed by atoms with E-state index in [1.54, 1.807) is 12.3 Å². The number of nitrogens with zero attached hydrogens (tertiary/aromatic N) is 2. The summed E-state index contributed by atoms with van der Waals surface area (Å²) in [5.41, 5.74) is 6.52. The third-order valence-corrected chi connectivity index (χ3v) is 6.20. The Bertz CT molecular complexity index is 1100. The summed E-state index contributed by atoms with van der Waals surface area (Å²) in [7, 11) is 0. The highest BCUT2D eigenvalue weighted by Crippen LogP contribution is 2.35. The lowest BCUT2D eigenvalue weighted by Crippen LogP contribution is -2.46. The second kappa shape index (κ2) is 11.2. The first kappa shape index (κ1) is 26.9. The molecule has 11 heteroatoms. The molecule has 2 atom stereocenters. The van der Waals surface area contributed by atoms with Crippen LogP contribution < -0.4 is 16.0 Å². The molecule has 4 rings (SSSR count). The molecule has 2 aromatic heterocycles. The van der Waals surface area contributed by atoms with E-state index < -0.39 is 28.9 Å². The van der Waals surface area contributed by atoms with Gasteiger partial charge in [0.05, 0.1) is 23.1 Å². The van der Waals surface area contributed by atoms with Crippen LogP contribution in [0.25, 0.3) is 11.1 Å². The van der Waals surface area contributed by atoms with Gasteiger partial charge in [-0.15, -0.1) is 36.2 Å². The quantitative estimate of drug-likeness (QED) is 0.478. The molecule has 1 aliphatic heterocycles. The molecule has 0 aliphatic carbocycles. The van der Waals surface area contributed by atoms with Gasteiger partial charge in [-0.05, 0) is 30.5 Å². The van der Waals surface area contributed by atoms with Crippen LogP contribution in [0.2, 0.25) is 0 Å². The molecule has 1 aliphatic rings. The average molecular weight is 519 g/mol. The zero-order valence-electron chi connectivity index (χ0n) is 17.6. The van der Waals surface area contributed by atoms with Crippen LogP contribution in [0.1, 0.15) is 23.0 Å². The maximum absolute atomic E-state index is 15.0. The van der Waals surface area contributed by atoms with Gasteiger partial charge in [0.15, 0.2) is 5.82 Å². The number of thiophene rings is 1. The molecule has 33 heavy (non-hydrogen) atoms. The Morgan fingerprint density at radius 3 is 2.55 bits per heavy atom. The SMILES string of the molecule is C[C@@H]1C[C@H](N)CN(c2ccncc2NC(=O)c2scc(-c3c(F)cccc3F)c2F)C1.Cl.Cl. The van der Waals surface area contributed by atoms with Crippen molar-refractivity contribution in [3.63, 3.8) is 0 Å². The van der Waals surface area contributed by atoms with E-state index in [-0.39, 0.29) is 41.3 Å². The van der Waals surface area contributed by atoms with Gasteiger partial charge in [0, 0.05) is 36.3 Å². The molecule has 3 N–H and O–H groups in total. The zero-order valence-corrected chi connectivity index (χ0v) is 20.0. The van der Waals surface area contributed by atoms with E-state index in [1.807, 2.05) is 0 Å². The number of halogens is 5. The molecule has 1 aromatic carbocycles. The first-order valence-corrected chi connectivity index (χ1v) is 10.7. The summed E-state index contributed by atoms with van der Waals surface area (Å²) < 4.78 is 43.1. The van der Waals surface area contributed by atoms with Crippen molar-refractivity contribution >= 4 is 53.4 Å².